The summed E-state index contributed by atoms with van der Waals surface area (Å²) in [5.41, 5.74) is 0.992. The first-order chi connectivity index (χ1) is 12.0. The van der Waals surface area contributed by atoms with Gasteiger partial charge in [0.25, 0.3) is 5.91 Å². The first kappa shape index (κ1) is 16.8. The second-order valence-electron chi connectivity index (χ2n) is 5.88. The number of ether oxygens (including phenoxy) is 3. The molecule has 1 heterocycles. The average Bonchev–Trinajstić information content (AvgIpc) is 2.61. The van der Waals surface area contributed by atoms with Gasteiger partial charge in [0.15, 0.2) is 11.5 Å². The number of fused-ring (bicyclic) bond motifs is 1. The van der Waals surface area contributed by atoms with Crippen molar-refractivity contribution in [3.8, 4) is 11.5 Å². The largest absolute Gasteiger partial charge is 0.485 e. The molecule has 2 aromatic rings. The summed E-state index contributed by atoms with van der Waals surface area (Å²) < 4.78 is 16.3. The number of amides is 1. The van der Waals surface area contributed by atoms with E-state index in [1.54, 1.807) is 50.2 Å². The zero-order chi connectivity index (χ0) is 17.8. The fraction of sp³-hybridized carbons (Fsp3) is 0.263. The topological polar surface area (TPSA) is 73.9 Å². The number of carbonyl (C=O) groups excluding carboxylic acids is 2. The molecule has 0 unspecified atom stereocenters. The lowest BCUT2D eigenvalue weighted by Gasteiger charge is -2.25. The molecule has 130 valence electrons. The zero-order valence-corrected chi connectivity index (χ0v) is 14.0. The van der Waals surface area contributed by atoms with Crippen LogP contribution in [0.15, 0.2) is 48.5 Å². The maximum absolute atomic E-state index is 12.3. The van der Waals surface area contributed by atoms with E-state index < -0.39 is 12.1 Å². The fourth-order valence-corrected chi connectivity index (χ4v) is 2.34. The minimum absolute atomic E-state index is 0.141. The van der Waals surface area contributed by atoms with Crippen LogP contribution in [-0.4, -0.2) is 30.7 Å². The molecule has 0 aliphatic carbocycles. The van der Waals surface area contributed by atoms with Crippen LogP contribution < -0.4 is 14.8 Å². The van der Waals surface area contributed by atoms with Gasteiger partial charge in [-0.15, -0.1) is 0 Å². The van der Waals surface area contributed by atoms with Gasteiger partial charge in [-0.1, -0.05) is 12.1 Å². The van der Waals surface area contributed by atoms with Crippen LogP contribution in [0.3, 0.4) is 0 Å². The molecule has 1 amide bonds. The Morgan fingerprint density at radius 1 is 1.08 bits per heavy atom. The summed E-state index contributed by atoms with van der Waals surface area (Å²) in [6.07, 6.45) is -0.918. The third-order valence-corrected chi connectivity index (χ3v) is 3.53. The summed E-state index contributed by atoms with van der Waals surface area (Å²) in [5, 5.41) is 2.75. The Kier molecular flexibility index (Phi) is 4.88. The number of para-hydroxylation sites is 2. The van der Waals surface area contributed by atoms with Crippen molar-refractivity contribution in [2.75, 3.05) is 11.9 Å². The maximum Gasteiger partial charge on any atom is 0.338 e. The minimum Gasteiger partial charge on any atom is -0.485 e. The molecule has 3 rings (SSSR count). The van der Waals surface area contributed by atoms with Crippen molar-refractivity contribution in [3.63, 3.8) is 0 Å². The van der Waals surface area contributed by atoms with Gasteiger partial charge in [-0.25, -0.2) is 4.79 Å². The van der Waals surface area contributed by atoms with E-state index in [0.29, 0.717) is 22.7 Å². The summed E-state index contributed by atoms with van der Waals surface area (Å²) in [5.74, 6) is 0.459. The molecule has 0 bridgehead atoms. The fourth-order valence-electron chi connectivity index (χ4n) is 2.34. The van der Waals surface area contributed by atoms with Gasteiger partial charge < -0.3 is 19.5 Å². The summed E-state index contributed by atoms with van der Waals surface area (Å²) in [4.78, 5) is 24.1. The van der Waals surface area contributed by atoms with Crippen molar-refractivity contribution in [1.82, 2.24) is 0 Å². The molecule has 0 saturated heterocycles. The molecule has 2 aromatic carbocycles. The number of hydrogen-bond acceptors (Lipinski definition) is 5. The van der Waals surface area contributed by atoms with Crippen molar-refractivity contribution in [2.24, 2.45) is 0 Å². The number of nitrogens with one attached hydrogen (secondary N) is 1. The summed E-state index contributed by atoms with van der Waals surface area (Å²) >= 11 is 0. The minimum atomic E-state index is -0.736. The number of carbonyl (C=O) groups is 2. The molecule has 1 aliphatic heterocycles. The van der Waals surface area contributed by atoms with Gasteiger partial charge in [0.05, 0.1) is 11.7 Å². The van der Waals surface area contributed by atoms with E-state index in [1.165, 1.54) is 0 Å². The molecule has 6 nitrogen and oxygen atoms in total. The first-order valence-corrected chi connectivity index (χ1v) is 8.03. The molecule has 25 heavy (non-hydrogen) atoms. The molecule has 1 atom stereocenters. The molecule has 0 saturated carbocycles. The monoisotopic (exact) mass is 341 g/mol. The van der Waals surface area contributed by atoms with Gasteiger partial charge in [0, 0.05) is 5.69 Å². The van der Waals surface area contributed by atoms with Crippen LogP contribution >= 0.6 is 0 Å². The average molecular weight is 341 g/mol. The predicted molar refractivity (Wildman–Crippen MR) is 92.0 cm³/mol. The van der Waals surface area contributed by atoms with E-state index in [1.807, 2.05) is 12.1 Å². The molecule has 0 fully saturated rings. The van der Waals surface area contributed by atoms with Crippen molar-refractivity contribution < 1.29 is 23.8 Å². The number of rotatable bonds is 4. The molecular formula is C19H19NO5. The van der Waals surface area contributed by atoms with Crippen molar-refractivity contribution in [3.05, 3.63) is 54.1 Å². The Bertz CT molecular complexity index is 770. The summed E-state index contributed by atoms with van der Waals surface area (Å²) in [7, 11) is 0. The normalized spacial score (nSPS) is 15.6. The predicted octanol–water partition coefficient (Wildman–Crippen LogP) is 3.03. The first-order valence-electron chi connectivity index (χ1n) is 8.03. The van der Waals surface area contributed by atoms with Gasteiger partial charge in [-0.2, -0.15) is 0 Å². The SMILES string of the molecule is CC(C)OC(=O)c1ccc(NC(=O)[C@@H]2COc3ccccc3O2)cc1. The molecular weight excluding hydrogens is 322 g/mol. The highest BCUT2D eigenvalue weighted by Crippen LogP contribution is 2.31. The van der Waals surface area contributed by atoms with Gasteiger partial charge in [-0.3, -0.25) is 4.79 Å². The summed E-state index contributed by atoms with van der Waals surface area (Å²) in [6.45, 7) is 3.72. The third-order valence-electron chi connectivity index (χ3n) is 3.53. The van der Waals surface area contributed by atoms with E-state index in [9.17, 15) is 9.59 Å². The Labute approximate surface area is 145 Å². The van der Waals surface area contributed by atoms with E-state index in [-0.39, 0.29) is 18.6 Å². The molecule has 0 spiro atoms. The van der Waals surface area contributed by atoms with Crippen molar-refractivity contribution >= 4 is 17.6 Å². The Morgan fingerprint density at radius 2 is 1.76 bits per heavy atom. The Balaban J connectivity index is 1.61. The number of benzene rings is 2. The van der Waals surface area contributed by atoms with Crippen LogP contribution in [-0.2, 0) is 9.53 Å². The van der Waals surface area contributed by atoms with Gasteiger partial charge >= 0.3 is 5.97 Å². The van der Waals surface area contributed by atoms with Crippen LogP contribution in [0.1, 0.15) is 24.2 Å². The highest BCUT2D eigenvalue weighted by Gasteiger charge is 2.27. The van der Waals surface area contributed by atoms with Crippen LogP contribution in [0.5, 0.6) is 11.5 Å². The van der Waals surface area contributed by atoms with Crippen molar-refractivity contribution in [2.45, 2.75) is 26.1 Å². The van der Waals surface area contributed by atoms with Crippen LogP contribution in [0.4, 0.5) is 5.69 Å². The lowest BCUT2D eigenvalue weighted by molar-refractivity contribution is -0.125. The molecule has 0 radical (unpaired) electrons. The lowest BCUT2D eigenvalue weighted by Crippen LogP contribution is -2.40. The van der Waals surface area contributed by atoms with Crippen molar-refractivity contribution in [1.29, 1.82) is 0 Å². The lowest BCUT2D eigenvalue weighted by atomic mass is 10.2. The zero-order valence-electron chi connectivity index (χ0n) is 14.0. The van der Waals surface area contributed by atoms with E-state index >= 15 is 0 Å². The van der Waals surface area contributed by atoms with E-state index in [2.05, 4.69) is 5.32 Å². The molecule has 0 aromatic heterocycles. The van der Waals surface area contributed by atoms with E-state index in [0.717, 1.165) is 0 Å². The molecule has 1 aliphatic rings. The highest BCUT2D eigenvalue weighted by atomic mass is 16.6. The number of esters is 1. The van der Waals surface area contributed by atoms with Crippen LogP contribution in [0, 0.1) is 0 Å². The Morgan fingerprint density at radius 3 is 2.44 bits per heavy atom. The second-order valence-corrected chi connectivity index (χ2v) is 5.88. The molecule has 1 N–H and O–H groups in total. The van der Waals surface area contributed by atoms with E-state index in [4.69, 9.17) is 14.2 Å². The van der Waals surface area contributed by atoms with Crippen LogP contribution in [0.2, 0.25) is 0 Å². The quantitative estimate of drug-likeness (QED) is 0.865. The Hall–Kier alpha value is -3.02. The maximum atomic E-state index is 12.3. The third kappa shape index (κ3) is 4.09. The second kappa shape index (κ2) is 7.25. The standard InChI is InChI=1S/C19H19NO5/c1-12(2)24-19(22)13-7-9-14(10-8-13)20-18(21)17-11-23-15-5-3-4-6-16(15)25-17/h3-10,12,17H,11H2,1-2H3,(H,20,21)/t17-/m0/s1. The molecule has 6 heteroatoms. The smallest absolute Gasteiger partial charge is 0.338 e. The number of hydrogen-bond donors (Lipinski definition) is 1. The van der Waals surface area contributed by atoms with Gasteiger partial charge in [0.1, 0.15) is 6.61 Å². The van der Waals surface area contributed by atoms with Gasteiger partial charge in [-0.05, 0) is 50.2 Å². The van der Waals surface area contributed by atoms with Crippen LogP contribution in [0.25, 0.3) is 0 Å². The summed E-state index contributed by atoms with van der Waals surface area (Å²) in [6, 6.07) is 13.7. The number of anilines is 1. The highest BCUT2D eigenvalue weighted by molar-refractivity contribution is 5.95. The van der Waals surface area contributed by atoms with Gasteiger partial charge in [0.2, 0.25) is 6.10 Å².